The number of aromatic nitrogens is 1. The number of benzene rings is 2. The Hall–Kier alpha value is -2.88. The minimum absolute atomic E-state index is 0.0223. The van der Waals surface area contributed by atoms with Gasteiger partial charge >= 0.3 is 5.97 Å². The Morgan fingerprint density at radius 2 is 1.73 bits per heavy atom. The van der Waals surface area contributed by atoms with Crippen molar-refractivity contribution in [3.63, 3.8) is 0 Å². The van der Waals surface area contributed by atoms with Crippen LogP contribution in [0.15, 0.2) is 59.1 Å². The van der Waals surface area contributed by atoms with Crippen LogP contribution in [0, 0.1) is 6.92 Å². The van der Waals surface area contributed by atoms with E-state index >= 15 is 0 Å². The molecule has 110 valence electrons. The molecule has 0 fully saturated rings. The Bertz CT molecular complexity index is 789. The fourth-order valence-electron chi connectivity index (χ4n) is 2.47. The van der Waals surface area contributed by atoms with E-state index < -0.39 is 5.97 Å². The van der Waals surface area contributed by atoms with Crippen LogP contribution >= 0.6 is 0 Å². The number of aliphatic carboxylic acids is 1. The highest BCUT2D eigenvalue weighted by atomic mass is 16.5. The molecule has 0 bridgehead atoms. The van der Waals surface area contributed by atoms with E-state index in [1.54, 1.807) is 0 Å². The number of aryl methyl sites for hydroxylation is 1. The summed E-state index contributed by atoms with van der Waals surface area (Å²) < 4.78 is 5.36. The lowest BCUT2D eigenvalue weighted by Gasteiger charge is -2.04. The third kappa shape index (κ3) is 2.76. The summed E-state index contributed by atoms with van der Waals surface area (Å²) in [6, 6.07) is 17.3. The fourth-order valence-corrected chi connectivity index (χ4v) is 2.47. The first-order chi connectivity index (χ1) is 10.6. The Kier molecular flexibility index (Phi) is 3.74. The number of carboxylic acid groups (broad SMARTS) is 1. The second-order valence-electron chi connectivity index (χ2n) is 5.10. The lowest BCUT2D eigenvalue weighted by molar-refractivity contribution is -0.136. The minimum Gasteiger partial charge on any atom is -0.481 e. The maximum atomic E-state index is 10.8. The van der Waals surface area contributed by atoms with Gasteiger partial charge in [0.25, 0.3) is 0 Å². The molecule has 1 heterocycles. The normalized spacial score (nSPS) is 10.6. The number of rotatable bonds is 4. The van der Waals surface area contributed by atoms with Gasteiger partial charge in [-0.25, -0.2) is 0 Å². The van der Waals surface area contributed by atoms with Crippen molar-refractivity contribution in [1.29, 1.82) is 0 Å². The van der Waals surface area contributed by atoms with Crippen LogP contribution in [-0.2, 0) is 11.2 Å². The Labute approximate surface area is 128 Å². The SMILES string of the molecule is Cc1onc(-c2ccccc2)c1-c1ccc(CC(=O)O)cc1. The van der Waals surface area contributed by atoms with Crippen LogP contribution in [0.1, 0.15) is 11.3 Å². The van der Waals surface area contributed by atoms with Crippen molar-refractivity contribution in [2.45, 2.75) is 13.3 Å². The summed E-state index contributed by atoms with van der Waals surface area (Å²) in [6.45, 7) is 1.87. The van der Waals surface area contributed by atoms with Crippen molar-refractivity contribution in [3.8, 4) is 22.4 Å². The van der Waals surface area contributed by atoms with E-state index in [4.69, 9.17) is 9.63 Å². The third-order valence-corrected chi connectivity index (χ3v) is 3.51. The summed E-state index contributed by atoms with van der Waals surface area (Å²) in [4.78, 5) is 10.8. The Balaban J connectivity index is 2.02. The van der Waals surface area contributed by atoms with Crippen LogP contribution in [-0.4, -0.2) is 16.2 Å². The van der Waals surface area contributed by atoms with Gasteiger partial charge < -0.3 is 9.63 Å². The zero-order valence-corrected chi connectivity index (χ0v) is 12.1. The van der Waals surface area contributed by atoms with Gasteiger partial charge in [0.1, 0.15) is 11.5 Å². The molecular weight excluding hydrogens is 278 g/mol. The number of nitrogens with zero attached hydrogens (tertiary/aromatic N) is 1. The zero-order valence-electron chi connectivity index (χ0n) is 12.1. The van der Waals surface area contributed by atoms with Crippen molar-refractivity contribution >= 4 is 5.97 Å². The number of carboxylic acids is 1. The topological polar surface area (TPSA) is 63.3 Å². The van der Waals surface area contributed by atoms with E-state index in [0.29, 0.717) is 0 Å². The fraction of sp³-hybridized carbons (Fsp3) is 0.111. The maximum Gasteiger partial charge on any atom is 0.307 e. The number of hydrogen-bond donors (Lipinski definition) is 1. The van der Waals surface area contributed by atoms with E-state index in [2.05, 4.69) is 5.16 Å². The molecule has 0 aliphatic rings. The number of carbonyl (C=O) groups is 1. The predicted molar refractivity (Wildman–Crippen MR) is 83.5 cm³/mol. The first-order valence-electron chi connectivity index (χ1n) is 6.98. The highest BCUT2D eigenvalue weighted by molar-refractivity contribution is 5.82. The molecule has 0 saturated carbocycles. The van der Waals surface area contributed by atoms with E-state index in [9.17, 15) is 4.79 Å². The molecule has 0 saturated heterocycles. The summed E-state index contributed by atoms with van der Waals surface area (Å²) in [5, 5.41) is 13.0. The van der Waals surface area contributed by atoms with Crippen molar-refractivity contribution in [3.05, 3.63) is 65.9 Å². The lowest BCUT2D eigenvalue weighted by Crippen LogP contribution is -1.99. The average molecular weight is 293 g/mol. The Morgan fingerprint density at radius 3 is 2.36 bits per heavy atom. The zero-order chi connectivity index (χ0) is 15.5. The third-order valence-electron chi connectivity index (χ3n) is 3.51. The predicted octanol–water partition coefficient (Wildman–Crippen LogP) is 3.94. The smallest absolute Gasteiger partial charge is 0.307 e. The summed E-state index contributed by atoms with van der Waals surface area (Å²) in [5.74, 6) is -0.0938. The van der Waals surface area contributed by atoms with E-state index in [1.165, 1.54) is 0 Å². The van der Waals surface area contributed by atoms with Crippen LogP contribution in [0.25, 0.3) is 22.4 Å². The van der Waals surface area contributed by atoms with Gasteiger partial charge in [-0.2, -0.15) is 0 Å². The highest BCUT2D eigenvalue weighted by Gasteiger charge is 2.16. The van der Waals surface area contributed by atoms with E-state index in [-0.39, 0.29) is 6.42 Å². The van der Waals surface area contributed by atoms with Crippen molar-refractivity contribution in [2.24, 2.45) is 0 Å². The summed E-state index contributed by atoms with van der Waals surface area (Å²) in [5.41, 5.74) is 4.46. The molecule has 22 heavy (non-hydrogen) atoms. The van der Waals surface area contributed by atoms with Gasteiger partial charge in [-0.15, -0.1) is 0 Å². The average Bonchev–Trinajstić information content (AvgIpc) is 2.90. The van der Waals surface area contributed by atoms with Crippen LogP contribution in [0.3, 0.4) is 0 Å². The van der Waals surface area contributed by atoms with Gasteiger partial charge in [-0.05, 0) is 18.1 Å². The van der Waals surface area contributed by atoms with Gasteiger partial charge in [0.15, 0.2) is 0 Å². The van der Waals surface area contributed by atoms with E-state index in [1.807, 2.05) is 61.5 Å². The first-order valence-corrected chi connectivity index (χ1v) is 6.98. The monoisotopic (exact) mass is 293 g/mol. The van der Waals surface area contributed by atoms with Crippen LogP contribution in [0.5, 0.6) is 0 Å². The highest BCUT2D eigenvalue weighted by Crippen LogP contribution is 2.34. The molecule has 1 N–H and O–H groups in total. The molecule has 0 aliphatic carbocycles. The summed E-state index contributed by atoms with van der Waals surface area (Å²) in [6.07, 6.45) is 0.0223. The van der Waals surface area contributed by atoms with Gasteiger partial charge in [0.05, 0.1) is 12.0 Å². The molecule has 0 atom stereocenters. The Morgan fingerprint density at radius 1 is 1.05 bits per heavy atom. The second kappa shape index (κ2) is 5.85. The standard InChI is InChI=1S/C18H15NO3/c1-12-17(14-9-7-13(8-10-14)11-16(20)21)18(19-22-12)15-5-3-2-4-6-15/h2-10H,11H2,1H3,(H,20,21). The van der Waals surface area contributed by atoms with Gasteiger partial charge in [-0.1, -0.05) is 59.8 Å². The molecule has 0 amide bonds. The summed E-state index contributed by atoms with van der Waals surface area (Å²) in [7, 11) is 0. The second-order valence-corrected chi connectivity index (χ2v) is 5.10. The largest absolute Gasteiger partial charge is 0.481 e. The van der Waals surface area contributed by atoms with Crippen molar-refractivity contribution in [1.82, 2.24) is 5.16 Å². The van der Waals surface area contributed by atoms with Crippen LogP contribution in [0.2, 0.25) is 0 Å². The lowest BCUT2D eigenvalue weighted by atomic mass is 9.98. The van der Waals surface area contributed by atoms with Crippen molar-refractivity contribution < 1.29 is 14.4 Å². The van der Waals surface area contributed by atoms with Gasteiger partial charge in [0, 0.05) is 5.56 Å². The molecule has 4 nitrogen and oxygen atoms in total. The molecule has 0 unspecified atom stereocenters. The molecule has 0 spiro atoms. The molecule has 0 radical (unpaired) electrons. The quantitative estimate of drug-likeness (QED) is 0.791. The molecule has 3 rings (SSSR count). The van der Waals surface area contributed by atoms with Crippen molar-refractivity contribution in [2.75, 3.05) is 0 Å². The molecule has 4 heteroatoms. The number of hydrogen-bond acceptors (Lipinski definition) is 3. The molecule has 2 aromatic carbocycles. The molecule has 3 aromatic rings. The minimum atomic E-state index is -0.834. The van der Waals surface area contributed by atoms with Gasteiger partial charge in [-0.3, -0.25) is 4.79 Å². The van der Waals surface area contributed by atoms with Crippen LogP contribution in [0.4, 0.5) is 0 Å². The first kappa shape index (κ1) is 14.1. The molecular formula is C18H15NO3. The molecule has 0 aliphatic heterocycles. The van der Waals surface area contributed by atoms with Crippen LogP contribution < -0.4 is 0 Å². The summed E-state index contributed by atoms with van der Waals surface area (Å²) >= 11 is 0. The maximum absolute atomic E-state index is 10.8. The van der Waals surface area contributed by atoms with E-state index in [0.717, 1.165) is 33.7 Å². The molecule has 1 aromatic heterocycles. The van der Waals surface area contributed by atoms with Gasteiger partial charge in [0.2, 0.25) is 0 Å².